The van der Waals surface area contributed by atoms with Crippen LogP contribution in [0.2, 0.25) is 0 Å². The van der Waals surface area contributed by atoms with Crippen molar-refractivity contribution in [2.24, 2.45) is 13.0 Å². The Kier molecular flexibility index (Phi) is 4.34. The van der Waals surface area contributed by atoms with Crippen LogP contribution in [0.15, 0.2) is 6.20 Å². The third-order valence-corrected chi connectivity index (χ3v) is 2.47. The van der Waals surface area contributed by atoms with Crippen molar-refractivity contribution in [2.75, 3.05) is 12.3 Å². The number of hydrogen-bond donors (Lipinski definition) is 2. The molecule has 1 amide bonds. The average molecular weight is 224 g/mol. The Balaban J connectivity index is 2.39. The van der Waals surface area contributed by atoms with Gasteiger partial charge in [-0.3, -0.25) is 9.48 Å². The van der Waals surface area contributed by atoms with Crippen LogP contribution >= 0.6 is 0 Å². The van der Waals surface area contributed by atoms with Crippen LogP contribution in [-0.4, -0.2) is 22.2 Å². The molecule has 1 heterocycles. The van der Waals surface area contributed by atoms with Gasteiger partial charge in [-0.15, -0.1) is 0 Å². The fourth-order valence-electron chi connectivity index (χ4n) is 1.43. The van der Waals surface area contributed by atoms with Gasteiger partial charge in [-0.1, -0.05) is 13.8 Å². The molecule has 0 aliphatic rings. The molecule has 0 aliphatic heterocycles. The molecule has 0 aliphatic carbocycles. The molecule has 0 unspecified atom stereocenters. The first-order chi connectivity index (χ1) is 7.52. The van der Waals surface area contributed by atoms with E-state index in [1.165, 1.54) is 10.9 Å². The summed E-state index contributed by atoms with van der Waals surface area (Å²) in [4.78, 5) is 11.7. The second-order valence-corrected chi connectivity index (χ2v) is 4.36. The topological polar surface area (TPSA) is 72.9 Å². The van der Waals surface area contributed by atoms with Gasteiger partial charge in [0.25, 0.3) is 5.91 Å². The zero-order valence-corrected chi connectivity index (χ0v) is 10.2. The maximum Gasteiger partial charge on any atom is 0.256 e. The van der Waals surface area contributed by atoms with E-state index < -0.39 is 0 Å². The van der Waals surface area contributed by atoms with Gasteiger partial charge in [0.05, 0.1) is 6.20 Å². The number of aromatic nitrogens is 2. The van der Waals surface area contributed by atoms with E-state index in [2.05, 4.69) is 24.3 Å². The lowest BCUT2D eigenvalue weighted by Crippen LogP contribution is -2.25. The highest BCUT2D eigenvalue weighted by Crippen LogP contribution is 2.09. The zero-order chi connectivity index (χ0) is 12.1. The molecule has 0 fully saturated rings. The molecule has 0 aromatic carbocycles. The average Bonchev–Trinajstić information content (AvgIpc) is 2.54. The van der Waals surface area contributed by atoms with E-state index in [-0.39, 0.29) is 5.91 Å². The maximum atomic E-state index is 11.7. The van der Waals surface area contributed by atoms with Crippen molar-refractivity contribution in [1.29, 1.82) is 0 Å². The summed E-state index contributed by atoms with van der Waals surface area (Å²) in [6, 6.07) is 0. The molecular formula is C11H20N4O. The Morgan fingerprint density at radius 3 is 2.81 bits per heavy atom. The standard InChI is InChI=1S/C11H20N4O/c1-8(2)5-4-6-13-11(16)9-7-14-15(3)10(9)12/h7-8H,4-6,12H2,1-3H3,(H,13,16). The zero-order valence-electron chi connectivity index (χ0n) is 10.2. The highest BCUT2D eigenvalue weighted by atomic mass is 16.1. The summed E-state index contributed by atoms with van der Waals surface area (Å²) in [6.07, 6.45) is 3.60. The van der Waals surface area contributed by atoms with E-state index in [0.29, 0.717) is 23.8 Å². The lowest BCUT2D eigenvalue weighted by Gasteiger charge is -2.06. The second kappa shape index (κ2) is 5.53. The highest BCUT2D eigenvalue weighted by Gasteiger charge is 2.12. The van der Waals surface area contributed by atoms with E-state index in [0.717, 1.165) is 12.8 Å². The van der Waals surface area contributed by atoms with E-state index in [1.807, 2.05) is 0 Å². The van der Waals surface area contributed by atoms with Crippen LogP contribution in [0.1, 0.15) is 37.0 Å². The van der Waals surface area contributed by atoms with Crippen molar-refractivity contribution >= 4 is 11.7 Å². The number of nitrogens with one attached hydrogen (secondary N) is 1. The van der Waals surface area contributed by atoms with Crippen molar-refractivity contribution < 1.29 is 4.79 Å². The molecule has 0 bridgehead atoms. The summed E-state index contributed by atoms with van der Waals surface area (Å²) in [5.74, 6) is 0.927. The van der Waals surface area contributed by atoms with Gasteiger partial charge in [-0.25, -0.2) is 0 Å². The second-order valence-electron chi connectivity index (χ2n) is 4.36. The Hall–Kier alpha value is -1.52. The number of hydrogen-bond acceptors (Lipinski definition) is 3. The molecule has 1 rings (SSSR count). The molecule has 1 aromatic heterocycles. The fourth-order valence-corrected chi connectivity index (χ4v) is 1.43. The Morgan fingerprint density at radius 1 is 1.62 bits per heavy atom. The predicted molar refractivity (Wildman–Crippen MR) is 64.0 cm³/mol. The molecule has 90 valence electrons. The lowest BCUT2D eigenvalue weighted by molar-refractivity contribution is 0.0953. The van der Waals surface area contributed by atoms with Crippen LogP contribution in [0.3, 0.4) is 0 Å². The summed E-state index contributed by atoms with van der Waals surface area (Å²) in [7, 11) is 1.71. The summed E-state index contributed by atoms with van der Waals surface area (Å²) >= 11 is 0. The minimum atomic E-state index is -0.144. The fraction of sp³-hybridized carbons (Fsp3) is 0.636. The van der Waals surface area contributed by atoms with Gasteiger partial charge >= 0.3 is 0 Å². The van der Waals surface area contributed by atoms with E-state index >= 15 is 0 Å². The number of carbonyl (C=O) groups excluding carboxylic acids is 1. The van der Waals surface area contributed by atoms with E-state index in [1.54, 1.807) is 7.05 Å². The quantitative estimate of drug-likeness (QED) is 0.737. The number of amides is 1. The predicted octanol–water partition coefficient (Wildman–Crippen LogP) is 1.17. The Morgan fingerprint density at radius 2 is 2.31 bits per heavy atom. The van der Waals surface area contributed by atoms with Gasteiger partial charge in [0.1, 0.15) is 11.4 Å². The number of carbonyl (C=O) groups is 1. The van der Waals surface area contributed by atoms with Crippen LogP contribution in [0, 0.1) is 5.92 Å². The van der Waals surface area contributed by atoms with E-state index in [4.69, 9.17) is 5.73 Å². The number of nitrogens with zero attached hydrogens (tertiary/aromatic N) is 2. The van der Waals surface area contributed by atoms with E-state index in [9.17, 15) is 4.79 Å². The monoisotopic (exact) mass is 224 g/mol. The van der Waals surface area contributed by atoms with Crippen molar-refractivity contribution in [3.05, 3.63) is 11.8 Å². The van der Waals surface area contributed by atoms with Crippen molar-refractivity contribution in [3.63, 3.8) is 0 Å². The molecule has 1 aromatic rings. The summed E-state index contributed by atoms with van der Waals surface area (Å²) in [6.45, 7) is 5.02. The summed E-state index contributed by atoms with van der Waals surface area (Å²) in [5, 5.41) is 6.76. The molecule has 16 heavy (non-hydrogen) atoms. The normalized spacial score (nSPS) is 10.8. The molecule has 0 saturated carbocycles. The SMILES string of the molecule is CC(C)CCCNC(=O)c1cnn(C)c1N. The Labute approximate surface area is 96.0 Å². The number of nitrogen functional groups attached to an aromatic ring is 1. The third kappa shape index (κ3) is 3.25. The first-order valence-corrected chi connectivity index (χ1v) is 5.58. The molecule has 0 saturated heterocycles. The highest BCUT2D eigenvalue weighted by molar-refractivity contribution is 5.98. The largest absolute Gasteiger partial charge is 0.383 e. The molecule has 0 spiro atoms. The van der Waals surface area contributed by atoms with Gasteiger partial charge in [-0.2, -0.15) is 5.10 Å². The van der Waals surface area contributed by atoms with Crippen molar-refractivity contribution in [2.45, 2.75) is 26.7 Å². The van der Waals surface area contributed by atoms with Crippen molar-refractivity contribution in [1.82, 2.24) is 15.1 Å². The third-order valence-electron chi connectivity index (χ3n) is 2.47. The van der Waals surface area contributed by atoms with Gasteiger partial charge in [0.2, 0.25) is 0 Å². The minimum Gasteiger partial charge on any atom is -0.383 e. The minimum absolute atomic E-state index is 0.144. The molecular weight excluding hydrogens is 204 g/mol. The van der Waals surface area contributed by atoms with Crippen LogP contribution in [0.4, 0.5) is 5.82 Å². The molecule has 0 radical (unpaired) electrons. The first kappa shape index (κ1) is 12.5. The molecule has 3 N–H and O–H groups in total. The van der Waals surface area contributed by atoms with Gasteiger partial charge < -0.3 is 11.1 Å². The van der Waals surface area contributed by atoms with Gasteiger partial charge in [0, 0.05) is 13.6 Å². The molecule has 5 heteroatoms. The maximum absolute atomic E-state index is 11.7. The van der Waals surface area contributed by atoms with Crippen molar-refractivity contribution in [3.8, 4) is 0 Å². The van der Waals surface area contributed by atoms with Gasteiger partial charge in [0.15, 0.2) is 0 Å². The Bertz CT molecular complexity index is 357. The van der Waals surface area contributed by atoms with Crippen LogP contribution in [0.25, 0.3) is 0 Å². The number of nitrogens with two attached hydrogens (primary N) is 1. The van der Waals surface area contributed by atoms with Gasteiger partial charge in [-0.05, 0) is 18.8 Å². The molecule has 0 atom stereocenters. The van der Waals surface area contributed by atoms with Crippen LogP contribution in [0.5, 0.6) is 0 Å². The smallest absolute Gasteiger partial charge is 0.256 e. The van der Waals surface area contributed by atoms with Crippen LogP contribution < -0.4 is 11.1 Å². The lowest BCUT2D eigenvalue weighted by atomic mass is 10.1. The number of rotatable bonds is 5. The number of aryl methyl sites for hydroxylation is 1. The number of anilines is 1. The first-order valence-electron chi connectivity index (χ1n) is 5.58. The summed E-state index contributed by atoms with van der Waals surface area (Å²) in [5.41, 5.74) is 6.15. The molecule has 5 nitrogen and oxygen atoms in total. The van der Waals surface area contributed by atoms with Crippen LogP contribution in [-0.2, 0) is 7.05 Å². The summed E-state index contributed by atoms with van der Waals surface area (Å²) < 4.78 is 1.49.